The quantitative estimate of drug-likeness (QED) is 0.664. The molecule has 3 rings (SSSR count). The Balaban J connectivity index is 1.91. The third-order valence-electron chi connectivity index (χ3n) is 3.64. The summed E-state index contributed by atoms with van der Waals surface area (Å²) in [7, 11) is -3.44. The second-order valence-corrected chi connectivity index (χ2v) is 7.32. The number of carboxylic acid groups (broad SMARTS) is 1. The highest BCUT2D eigenvalue weighted by Gasteiger charge is 2.28. The van der Waals surface area contributed by atoms with Gasteiger partial charge in [0.1, 0.15) is 5.82 Å². The first kappa shape index (κ1) is 16.1. The molecule has 6 nitrogen and oxygen atoms in total. The van der Waals surface area contributed by atoms with Crippen molar-refractivity contribution in [3.63, 3.8) is 0 Å². The van der Waals surface area contributed by atoms with Gasteiger partial charge in [-0.1, -0.05) is 12.1 Å². The van der Waals surface area contributed by atoms with E-state index < -0.39 is 21.6 Å². The van der Waals surface area contributed by atoms with Crippen LogP contribution in [0.5, 0.6) is 0 Å². The van der Waals surface area contributed by atoms with Gasteiger partial charge >= 0.3 is 0 Å². The number of aromatic carboxylic acids is 1. The van der Waals surface area contributed by atoms with Gasteiger partial charge in [-0.15, -0.1) is 0 Å². The van der Waals surface area contributed by atoms with Gasteiger partial charge in [0.25, 0.3) is 0 Å². The van der Waals surface area contributed by atoms with E-state index in [0.29, 0.717) is 11.4 Å². The molecule has 0 spiro atoms. The number of sulfone groups is 1. The summed E-state index contributed by atoms with van der Waals surface area (Å²) in [4.78, 5) is 10.8. The molecule has 0 fully saturated rings. The highest BCUT2D eigenvalue weighted by atomic mass is 32.2. The van der Waals surface area contributed by atoms with Gasteiger partial charge in [0, 0.05) is 12.0 Å². The summed E-state index contributed by atoms with van der Waals surface area (Å²) >= 11 is 0. The molecule has 2 aromatic rings. The molecule has 0 radical (unpaired) electrons. The van der Waals surface area contributed by atoms with Crippen LogP contribution in [0.4, 0.5) is 10.1 Å². The van der Waals surface area contributed by atoms with Crippen LogP contribution in [-0.4, -0.2) is 25.9 Å². The van der Waals surface area contributed by atoms with E-state index in [0.717, 1.165) is 12.1 Å². The Kier molecular flexibility index (Phi) is 4.06. The molecule has 0 bridgehead atoms. The van der Waals surface area contributed by atoms with Crippen LogP contribution < -0.4 is 10.5 Å². The van der Waals surface area contributed by atoms with Gasteiger partial charge in [0.15, 0.2) is 9.84 Å². The number of nitrogens with zero attached hydrogens (tertiary/aromatic N) is 1. The number of rotatable bonds is 3. The van der Waals surface area contributed by atoms with Crippen LogP contribution in [0.25, 0.3) is 0 Å². The standard InChI is InChI=1S/C16H13FN2O4S/c17-11-3-6-15-13(9-11)14(7-8-24(15,22)23)19-18-12-4-1-10(2-5-12)16(20)21/h1-6,9,18H,7-8H2,(H,20,21)/p-1. The minimum atomic E-state index is -3.44. The average Bonchev–Trinajstić information content (AvgIpc) is 2.54. The molecule has 124 valence electrons. The molecule has 2 aromatic carbocycles. The van der Waals surface area contributed by atoms with Crippen molar-refractivity contribution in [1.29, 1.82) is 0 Å². The second-order valence-electron chi connectivity index (χ2n) is 5.24. The van der Waals surface area contributed by atoms with Crippen LogP contribution in [0.15, 0.2) is 52.5 Å². The van der Waals surface area contributed by atoms with Crippen LogP contribution in [0.1, 0.15) is 22.3 Å². The molecule has 1 aliphatic heterocycles. The Labute approximate surface area is 137 Å². The molecule has 0 unspecified atom stereocenters. The van der Waals surface area contributed by atoms with E-state index in [1.165, 1.54) is 30.3 Å². The molecular formula is C16H12FN2O4S-. The van der Waals surface area contributed by atoms with Crippen LogP contribution in [0.3, 0.4) is 0 Å². The molecule has 1 aliphatic rings. The lowest BCUT2D eigenvalue weighted by Crippen LogP contribution is -2.23. The zero-order chi connectivity index (χ0) is 17.3. The highest BCUT2D eigenvalue weighted by molar-refractivity contribution is 7.91. The zero-order valence-corrected chi connectivity index (χ0v) is 13.1. The highest BCUT2D eigenvalue weighted by Crippen LogP contribution is 2.26. The molecule has 0 saturated heterocycles. The van der Waals surface area contributed by atoms with E-state index in [1.807, 2.05) is 0 Å². The number of hydrogen-bond donors (Lipinski definition) is 1. The van der Waals surface area contributed by atoms with Crippen molar-refractivity contribution in [2.75, 3.05) is 11.2 Å². The molecule has 0 amide bonds. The summed E-state index contributed by atoms with van der Waals surface area (Å²) in [5.41, 5.74) is 3.93. The predicted octanol–water partition coefficient (Wildman–Crippen LogP) is 1.18. The van der Waals surface area contributed by atoms with E-state index in [-0.39, 0.29) is 28.2 Å². The van der Waals surface area contributed by atoms with Gasteiger partial charge in [-0.3, -0.25) is 5.43 Å². The largest absolute Gasteiger partial charge is 0.545 e. The Bertz CT molecular complexity index is 937. The summed E-state index contributed by atoms with van der Waals surface area (Å²) in [5.74, 6) is -1.93. The predicted molar refractivity (Wildman–Crippen MR) is 84.0 cm³/mol. The second kappa shape index (κ2) is 6.04. The number of carboxylic acids is 1. The lowest BCUT2D eigenvalue weighted by atomic mass is 10.1. The number of carbonyl (C=O) groups excluding carboxylic acids is 1. The molecular weight excluding hydrogens is 335 g/mol. The minimum Gasteiger partial charge on any atom is -0.545 e. The van der Waals surface area contributed by atoms with Crippen molar-refractivity contribution < 1.29 is 22.7 Å². The SMILES string of the molecule is O=C([O-])c1ccc(NN=C2CCS(=O)(=O)c3ccc(F)cc32)cc1. The van der Waals surface area contributed by atoms with E-state index in [9.17, 15) is 22.7 Å². The molecule has 24 heavy (non-hydrogen) atoms. The molecule has 1 heterocycles. The van der Waals surface area contributed by atoms with E-state index in [2.05, 4.69) is 10.5 Å². The summed E-state index contributed by atoms with van der Waals surface area (Å²) in [6.45, 7) is 0. The fourth-order valence-corrected chi connectivity index (χ4v) is 3.87. The van der Waals surface area contributed by atoms with E-state index in [1.54, 1.807) is 0 Å². The fraction of sp³-hybridized carbons (Fsp3) is 0.125. The molecule has 0 aliphatic carbocycles. The van der Waals surface area contributed by atoms with Crippen molar-refractivity contribution in [3.05, 3.63) is 59.4 Å². The van der Waals surface area contributed by atoms with Gasteiger partial charge in [-0.05, 0) is 35.9 Å². The number of hydrazone groups is 1. The summed E-state index contributed by atoms with van der Waals surface area (Å²) in [6.07, 6.45) is 0.156. The third kappa shape index (κ3) is 3.13. The smallest absolute Gasteiger partial charge is 0.179 e. The number of benzene rings is 2. The van der Waals surface area contributed by atoms with Crippen LogP contribution >= 0.6 is 0 Å². The molecule has 1 N–H and O–H groups in total. The van der Waals surface area contributed by atoms with Gasteiger partial charge in [0.05, 0.1) is 28.0 Å². The minimum absolute atomic E-state index is 0.0318. The van der Waals surface area contributed by atoms with E-state index in [4.69, 9.17) is 0 Å². The van der Waals surface area contributed by atoms with Crippen molar-refractivity contribution in [3.8, 4) is 0 Å². The molecule has 0 aromatic heterocycles. The molecule has 8 heteroatoms. The Morgan fingerprint density at radius 3 is 2.54 bits per heavy atom. The summed E-state index contributed by atoms with van der Waals surface area (Å²) in [6, 6.07) is 9.20. The number of nitrogens with one attached hydrogen (secondary N) is 1. The Hall–Kier alpha value is -2.74. The molecule has 0 atom stereocenters. The Morgan fingerprint density at radius 2 is 1.88 bits per heavy atom. The van der Waals surface area contributed by atoms with E-state index >= 15 is 0 Å². The molecule has 0 saturated carbocycles. The Morgan fingerprint density at radius 1 is 1.17 bits per heavy atom. The van der Waals surface area contributed by atoms with Crippen molar-refractivity contribution in [2.24, 2.45) is 5.10 Å². The van der Waals surface area contributed by atoms with Crippen molar-refractivity contribution >= 4 is 27.2 Å². The topological polar surface area (TPSA) is 98.7 Å². The van der Waals surface area contributed by atoms with Crippen molar-refractivity contribution in [2.45, 2.75) is 11.3 Å². The lowest BCUT2D eigenvalue weighted by molar-refractivity contribution is -0.255. The third-order valence-corrected chi connectivity index (χ3v) is 5.40. The monoisotopic (exact) mass is 347 g/mol. The van der Waals surface area contributed by atoms with Gasteiger partial charge in [0.2, 0.25) is 0 Å². The normalized spacial score (nSPS) is 17.3. The maximum Gasteiger partial charge on any atom is 0.179 e. The summed E-state index contributed by atoms with van der Waals surface area (Å²) in [5, 5.41) is 14.8. The summed E-state index contributed by atoms with van der Waals surface area (Å²) < 4.78 is 37.6. The van der Waals surface area contributed by atoms with Gasteiger partial charge in [-0.2, -0.15) is 5.10 Å². The first-order valence-corrected chi connectivity index (χ1v) is 8.69. The van der Waals surface area contributed by atoms with Gasteiger partial charge < -0.3 is 9.90 Å². The first-order chi connectivity index (χ1) is 11.4. The first-order valence-electron chi connectivity index (χ1n) is 7.03. The number of halogens is 1. The van der Waals surface area contributed by atoms with Crippen LogP contribution in [-0.2, 0) is 9.84 Å². The zero-order valence-electron chi connectivity index (χ0n) is 12.3. The van der Waals surface area contributed by atoms with Crippen molar-refractivity contribution in [1.82, 2.24) is 0 Å². The van der Waals surface area contributed by atoms with Gasteiger partial charge in [-0.25, -0.2) is 12.8 Å². The number of fused-ring (bicyclic) bond motifs is 1. The lowest BCUT2D eigenvalue weighted by Gasteiger charge is -2.18. The number of hydrogen-bond acceptors (Lipinski definition) is 6. The maximum atomic E-state index is 13.5. The number of anilines is 1. The maximum absolute atomic E-state index is 13.5. The fourth-order valence-electron chi connectivity index (χ4n) is 2.40. The number of carbonyl (C=O) groups is 1. The average molecular weight is 347 g/mol. The van der Waals surface area contributed by atoms with Crippen LogP contribution in [0.2, 0.25) is 0 Å². The van der Waals surface area contributed by atoms with Crippen LogP contribution in [0, 0.1) is 5.82 Å².